The summed E-state index contributed by atoms with van der Waals surface area (Å²) in [5, 5.41) is 8.61. The Hall–Kier alpha value is -0.300. The van der Waals surface area contributed by atoms with E-state index in [4.69, 9.17) is 5.11 Å². The van der Waals surface area contributed by atoms with Gasteiger partial charge in [-0.2, -0.15) is 0 Å². The maximum atomic E-state index is 8.61. The predicted octanol–water partition coefficient (Wildman–Crippen LogP) is 2.75. The number of aliphatic hydroxyl groups excluding tert-OH is 1. The van der Waals surface area contributed by atoms with E-state index in [1.807, 2.05) is 0 Å². The van der Waals surface area contributed by atoms with Crippen LogP contribution in [0.3, 0.4) is 0 Å². The van der Waals surface area contributed by atoms with Gasteiger partial charge < -0.3 is 5.11 Å². The van der Waals surface area contributed by atoms with Gasteiger partial charge in [0, 0.05) is 6.61 Å². The Labute approximate surface area is 70.1 Å². The minimum atomic E-state index is 0.305. The quantitative estimate of drug-likeness (QED) is 0.463. The molecule has 1 N–H and O–H groups in total. The summed E-state index contributed by atoms with van der Waals surface area (Å²) in [7, 11) is 0. The van der Waals surface area contributed by atoms with Crippen molar-refractivity contribution in [2.24, 2.45) is 5.92 Å². The van der Waals surface area contributed by atoms with Crippen LogP contribution in [-0.4, -0.2) is 11.7 Å². The van der Waals surface area contributed by atoms with Gasteiger partial charge in [0.1, 0.15) is 0 Å². The second kappa shape index (κ2) is 7.80. The SMILES string of the molecule is CCCCC=CC(C)CCO. The standard InChI is InChI=1S/C10H20O/c1-3-4-5-6-7-10(2)8-9-11/h6-7,10-11H,3-5,8-9H2,1-2H3. The molecule has 1 atom stereocenters. The molecule has 66 valence electrons. The second-order valence-electron chi connectivity index (χ2n) is 3.06. The molecule has 0 aromatic carbocycles. The van der Waals surface area contributed by atoms with Gasteiger partial charge in [0.15, 0.2) is 0 Å². The lowest BCUT2D eigenvalue weighted by molar-refractivity contribution is 0.274. The highest BCUT2D eigenvalue weighted by molar-refractivity contribution is 4.85. The van der Waals surface area contributed by atoms with Crippen molar-refractivity contribution in [2.45, 2.75) is 39.5 Å². The van der Waals surface area contributed by atoms with Crippen molar-refractivity contribution in [3.8, 4) is 0 Å². The van der Waals surface area contributed by atoms with Gasteiger partial charge in [0.2, 0.25) is 0 Å². The highest BCUT2D eigenvalue weighted by atomic mass is 16.2. The van der Waals surface area contributed by atoms with Crippen molar-refractivity contribution in [1.82, 2.24) is 0 Å². The fraction of sp³-hybridized carbons (Fsp3) is 0.800. The molecule has 0 aromatic rings. The monoisotopic (exact) mass is 156 g/mol. The molecule has 0 heterocycles. The first-order valence-corrected chi connectivity index (χ1v) is 4.58. The lowest BCUT2D eigenvalue weighted by Gasteiger charge is -2.00. The fourth-order valence-corrected chi connectivity index (χ4v) is 0.950. The van der Waals surface area contributed by atoms with E-state index in [9.17, 15) is 0 Å². The molecule has 0 radical (unpaired) electrons. The Bertz CT molecular complexity index is 97.0. The van der Waals surface area contributed by atoms with E-state index in [1.165, 1.54) is 19.3 Å². The third-order valence-corrected chi connectivity index (χ3v) is 1.77. The summed E-state index contributed by atoms with van der Waals surface area (Å²) < 4.78 is 0. The Morgan fingerprint density at radius 3 is 2.73 bits per heavy atom. The van der Waals surface area contributed by atoms with Crippen LogP contribution < -0.4 is 0 Å². The Balaban J connectivity index is 3.24. The summed E-state index contributed by atoms with van der Waals surface area (Å²) in [6.45, 7) is 4.64. The molecule has 0 aromatic heterocycles. The van der Waals surface area contributed by atoms with Crippen LogP contribution in [0.1, 0.15) is 39.5 Å². The van der Waals surface area contributed by atoms with Crippen molar-refractivity contribution in [3.05, 3.63) is 12.2 Å². The largest absolute Gasteiger partial charge is 0.396 e. The van der Waals surface area contributed by atoms with Crippen molar-refractivity contribution in [1.29, 1.82) is 0 Å². The van der Waals surface area contributed by atoms with Gasteiger partial charge in [-0.3, -0.25) is 0 Å². The summed E-state index contributed by atoms with van der Waals surface area (Å²) in [4.78, 5) is 0. The maximum absolute atomic E-state index is 8.61. The fourth-order valence-electron chi connectivity index (χ4n) is 0.950. The number of unbranched alkanes of at least 4 members (excludes halogenated alkanes) is 2. The van der Waals surface area contributed by atoms with Crippen molar-refractivity contribution < 1.29 is 5.11 Å². The van der Waals surface area contributed by atoms with Crippen LogP contribution in [0.2, 0.25) is 0 Å². The first-order chi connectivity index (χ1) is 5.31. The van der Waals surface area contributed by atoms with Crippen LogP contribution in [0.25, 0.3) is 0 Å². The number of allylic oxidation sites excluding steroid dienone is 2. The van der Waals surface area contributed by atoms with Gasteiger partial charge in [-0.15, -0.1) is 0 Å². The first kappa shape index (κ1) is 10.7. The molecule has 1 unspecified atom stereocenters. The van der Waals surface area contributed by atoms with Crippen LogP contribution in [0, 0.1) is 5.92 Å². The van der Waals surface area contributed by atoms with Crippen LogP contribution in [0.4, 0.5) is 0 Å². The Morgan fingerprint density at radius 1 is 1.45 bits per heavy atom. The van der Waals surface area contributed by atoms with Gasteiger partial charge >= 0.3 is 0 Å². The highest BCUT2D eigenvalue weighted by Gasteiger charge is 1.92. The zero-order chi connectivity index (χ0) is 8.53. The molecule has 0 spiro atoms. The zero-order valence-corrected chi connectivity index (χ0v) is 7.71. The Morgan fingerprint density at radius 2 is 2.18 bits per heavy atom. The molecular weight excluding hydrogens is 136 g/mol. The highest BCUT2D eigenvalue weighted by Crippen LogP contribution is 2.04. The minimum Gasteiger partial charge on any atom is -0.396 e. The summed E-state index contributed by atoms with van der Waals surface area (Å²) >= 11 is 0. The lowest BCUT2D eigenvalue weighted by Crippen LogP contribution is -1.92. The maximum Gasteiger partial charge on any atom is 0.0436 e. The molecule has 0 bridgehead atoms. The van der Waals surface area contributed by atoms with Crippen LogP contribution in [0.15, 0.2) is 12.2 Å². The molecule has 11 heavy (non-hydrogen) atoms. The average Bonchev–Trinajstić information content (AvgIpc) is 1.99. The van der Waals surface area contributed by atoms with Gasteiger partial charge in [-0.05, 0) is 18.8 Å². The van der Waals surface area contributed by atoms with E-state index < -0.39 is 0 Å². The molecule has 0 aliphatic heterocycles. The Kier molecular flexibility index (Phi) is 7.59. The number of hydrogen-bond donors (Lipinski definition) is 1. The van der Waals surface area contributed by atoms with Gasteiger partial charge in [-0.25, -0.2) is 0 Å². The van der Waals surface area contributed by atoms with E-state index in [0.29, 0.717) is 12.5 Å². The van der Waals surface area contributed by atoms with E-state index in [2.05, 4.69) is 26.0 Å². The third-order valence-electron chi connectivity index (χ3n) is 1.77. The molecule has 1 heteroatoms. The summed E-state index contributed by atoms with van der Waals surface area (Å²) in [6.07, 6.45) is 9.05. The van der Waals surface area contributed by atoms with Gasteiger partial charge in [0.05, 0.1) is 0 Å². The van der Waals surface area contributed by atoms with Crippen molar-refractivity contribution in [2.75, 3.05) is 6.61 Å². The summed E-state index contributed by atoms with van der Waals surface area (Å²) in [5.41, 5.74) is 0. The molecule has 0 saturated carbocycles. The van der Waals surface area contributed by atoms with Gasteiger partial charge in [-0.1, -0.05) is 38.8 Å². The number of hydrogen-bond acceptors (Lipinski definition) is 1. The smallest absolute Gasteiger partial charge is 0.0436 e. The van der Waals surface area contributed by atoms with E-state index in [0.717, 1.165) is 6.42 Å². The predicted molar refractivity (Wildman–Crippen MR) is 49.5 cm³/mol. The van der Waals surface area contributed by atoms with Crippen LogP contribution in [-0.2, 0) is 0 Å². The third kappa shape index (κ3) is 7.60. The van der Waals surface area contributed by atoms with Crippen LogP contribution >= 0.6 is 0 Å². The number of aliphatic hydroxyl groups is 1. The van der Waals surface area contributed by atoms with Crippen LogP contribution in [0.5, 0.6) is 0 Å². The van der Waals surface area contributed by atoms with E-state index in [1.54, 1.807) is 0 Å². The second-order valence-corrected chi connectivity index (χ2v) is 3.06. The minimum absolute atomic E-state index is 0.305. The van der Waals surface area contributed by atoms with E-state index in [-0.39, 0.29) is 0 Å². The molecule has 0 aliphatic carbocycles. The molecular formula is C10H20O. The molecule has 1 nitrogen and oxygen atoms in total. The average molecular weight is 156 g/mol. The molecule has 0 fully saturated rings. The summed E-state index contributed by atoms with van der Waals surface area (Å²) in [5.74, 6) is 0.539. The topological polar surface area (TPSA) is 20.2 Å². The number of rotatable bonds is 6. The molecule has 0 saturated heterocycles. The molecule has 0 rings (SSSR count). The van der Waals surface area contributed by atoms with Gasteiger partial charge in [0.25, 0.3) is 0 Å². The molecule has 0 amide bonds. The first-order valence-electron chi connectivity index (χ1n) is 4.58. The lowest BCUT2D eigenvalue weighted by atomic mass is 10.1. The van der Waals surface area contributed by atoms with Crippen molar-refractivity contribution >= 4 is 0 Å². The zero-order valence-electron chi connectivity index (χ0n) is 7.71. The van der Waals surface area contributed by atoms with Crippen molar-refractivity contribution in [3.63, 3.8) is 0 Å². The molecule has 0 aliphatic rings. The normalized spacial score (nSPS) is 14.1. The van der Waals surface area contributed by atoms with E-state index >= 15 is 0 Å². The summed E-state index contributed by atoms with van der Waals surface area (Å²) in [6, 6.07) is 0.